The van der Waals surface area contributed by atoms with Gasteiger partial charge in [-0.1, -0.05) is 251 Å². The number of esters is 1. The van der Waals surface area contributed by atoms with Gasteiger partial charge in [-0.25, -0.2) is 0 Å². The van der Waals surface area contributed by atoms with Crippen molar-refractivity contribution in [1.82, 2.24) is 5.32 Å². The molecule has 0 spiro atoms. The third-order valence-electron chi connectivity index (χ3n) is 12.6. The number of ether oxygens (including phenoxy) is 1. The van der Waals surface area contributed by atoms with Gasteiger partial charge in [0.05, 0.1) is 25.2 Å². The van der Waals surface area contributed by atoms with Crippen LogP contribution in [-0.4, -0.2) is 46.9 Å². The number of amides is 1. The van der Waals surface area contributed by atoms with E-state index in [2.05, 4.69) is 38.2 Å². The number of aliphatic hydroxyl groups excluding tert-OH is 2. The van der Waals surface area contributed by atoms with Crippen LogP contribution in [-0.2, 0) is 14.3 Å². The number of carbonyl (C=O) groups excluding carboxylic acids is 2. The summed E-state index contributed by atoms with van der Waals surface area (Å²) >= 11 is 0. The van der Waals surface area contributed by atoms with E-state index in [0.29, 0.717) is 19.3 Å². The Morgan fingerprint density at radius 1 is 0.467 bits per heavy atom. The van der Waals surface area contributed by atoms with Crippen molar-refractivity contribution < 1.29 is 24.5 Å². The number of nitrogens with one attached hydrogen (secondary N) is 1. The predicted molar refractivity (Wildman–Crippen MR) is 260 cm³/mol. The van der Waals surface area contributed by atoms with E-state index < -0.39 is 18.2 Å². The minimum atomic E-state index is -0.785. The molecule has 3 unspecified atom stereocenters. The van der Waals surface area contributed by atoms with Crippen molar-refractivity contribution in [3.63, 3.8) is 0 Å². The van der Waals surface area contributed by atoms with Crippen molar-refractivity contribution in [2.24, 2.45) is 0 Å². The molecule has 0 aromatic carbocycles. The van der Waals surface area contributed by atoms with E-state index in [0.717, 1.165) is 64.2 Å². The van der Waals surface area contributed by atoms with Crippen molar-refractivity contribution in [1.29, 1.82) is 0 Å². The zero-order chi connectivity index (χ0) is 43.8. The third-order valence-corrected chi connectivity index (χ3v) is 12.6. The maximum atomic E-state index is 13.2. The molecule has 0 aliphatic carbocycles. The molecule has 0 heterocycles. The van der Waals surface area contributed by atoms with Gasteiger partial charge in [0.15, 0.2) is 0 Å². The van der Waals surface area contributed by atoms with E-state index in [1.165, 1.54) is 186 Å². The first-order valence-corrected chi connectivity index (χ1v) is 26.9. The number of aliphatic hydroxyl groups is 2. The minimum Gasteiger partial charge on any atom is -0.462 e. The molecule has 6 nitrogen and oxygen atoms in total. The summed E-state index contributed by atoms with van der Waals surface area (Å²) in [6.07, 6.45) is 54.3. The zero-order valence-electron chi connectivity index (χ0n) is 40.6. The molecule has 0 aliphatic heterocycles. The number of rotatable bonds is 49. The lowest BCUT2D eigenvalue weighted by atomic mass is 10.0. The molecule has 356 valence electrons. The van der Waals surface area contributed by atoms with Gasteiger partial charge < -0.3 is 20.3 Å². The third kappa shape index (κ3) is 43.3. The molecule has 60 heavy (non-hydrogen) atoms. The molecule has 1 amide bonds. The maximum absolute atomic E-state index is 13.2. The second kappa shape index (κ2) is 48.6. The first kappa shape index (κ1) is 58.6. The summed E-state index contributed by atoms with van der Waals surface area (Å²) < 4.78 is 5.91. The van der Waals surface area contributed by atoms with Gasteiger partial charge in [0.25, 0.3) is 0 Å². The predicted octanol–water partition coefficient (Wildman–Crippen LogP) is 16.1. The first-order valence-electron chi connectivity index (χ1n) is 26.9. The van der Waals surface area contributed by atoms with Gasteiger partial charge in [0, 0.05) is 6.42 Å². The Bertz CT molecular complexity index is 909. The Hall–Kier alpha value is -1.40. The van der Waals surface area contributed by atoms with E-state index in [1.54, 1.807) is 0 Å². The Kier molecular flexibility index (Phi) is 47.5. The molecular weight excluding hydrogens is 743 g/mol. The Labute approximate surface area is 374 Å². The Morgan fingerprint density at radius 3 is 1.25 bits per heavy atom. The van der Waals surface area contributed by atoms with Crippen LogP contribution in [0.15, 0.2) is 12.2 Å². The van der Waals surface area contributed by atoms with Gasteiger partial charge in [-0.15, -0.1) is 0 Å². The summed E-state index contributed by atoms with van der Waals surface area (Å²) in [7, 11) is 0. The summed E-state index contributed by atoms with van der Waals surface area (Å²) in [5, 5.41) is 23.8. The molecule has 0 rings (SSSR count). The average Bonchev–Trinajstić information content (AvgIpc) is 3.24. The smallest absolute Gasteiger partial charge is 0.306 e. The second-order valence-corrected chi connectivity index (χ2v) is 18.6. The van der Waals surface area contributed by atoms with Crippen LogP contribution in [0.5, 0.6) is 0 Å². The topological polar surface area (TPSA) is 95.9 Å². The molecule has 0 aliphatic rings. The standard InChI is InChI=1S/C54H105NO5/c1-4-7-10-13-16-19-21-23-25-27-29-31-33-35-38-41-44-47-54(59)60-50(45-42-39-36-18-15-12-9-6-3)48-53(58)55-51(49-56)52(57)46-43-40-37-34-32-30-28-26-24-22-20-17-14-11-8-5-2/h12,15,50-52,56-57H,4-11,13-14,16-49H2,1-3H3,(H,55,58)/b15-12-. The maximum Gasteiger partial charge on any atom is 0.306 e. The van der Waals surface area contributed by atoms with Crippen LogP contribution in [0.3, 0.4) is 0 Å². The fraction of sp³-hybridized carbons (Fsp3) is 0.926. The van der Waals surface area contributed by atoms with Crippen LogP contribution < -0.4 is 5.32 Å². The first-order chi connectivity index (χ1) is 29.5. The summed E-state index contributed by atoms with van der Waals surface area (Å²) in [4.78, 5) is 26.1. The number of unbranched alkanes of at least 4 members (excludes halogenated alkanes) is 35. The van der Waals surface area contributed by atoms with Gasteiger partial charge in [0.1, 0.15) is 6.10 Å². The Balaban J connectivity index is 4.33. The van der Waals surface area contributed by atoms with E-state index in [4.69, 9.17) is 4.74 Å². The van der Waals surface area contributed by atoms with Crippen LogP contribution >= 0.6 is 0 Å². The van der Waals surface area contributed by atoms with Crippen molar-refractivity contribution in [2.75, 3.05) is 6.61 Å². The SMILES string of the molecule is CCC/C=C\CCCCCC(CC(=O)NC(CO)C(O)CCCCCCCCCCCCCCCCCC)OC(=O)CCCCCCCCCCCCCCCCCCC. The van der Waals surface area contributed by atoms with Crippen molar-refractivity contribution in [3.05, 3.63) is 12.2 Å². The fourth-order valence-electron chi connectivity index (χ4n) is 8.49. The molecule has 6 heteroatoms. The largest absolute Gasteiger partial charge is 0.462 e. The molecule has 0 saturated carbocycles. The van der Waals surface area contributed by atoms with E-state index in [-0.39, 0.29) is 24.9 Å². The van der Waals surface area contributed by atoms with Crippen LogP contribution in [0.1, 0.15) is 297 Å². The molecule has 0 fully saturated rings. The van der Waals surface area contributed by atoms with Crippen LogP contribution in [0.2, 0.25) is 0 Å². The van der Waals surface area contributed by atoms with E-state index in [1.807, 2.05) is 0 Å². The van der Waals surface area contributed by atoms with Crippen molar-refractivity contribution in [2.45, 2.75) is 315 Å². The summed E-state index contributed by atoms with van der Waals surface area (Å²) in [6.45, 7) is 6.44. The van der Waals surface area contributed by atoms with E-state index in [9.17, 15) is 19.8 Å². The Morgan fingerprint density at radius 2 is 0.833 bits per heavy atom. The fourth-order valence-corrected chi connectivity index (χ4v) is 8.49. The number of hydrogen-bond donors (Lipinski definition) is 3. The molecule has 0 bridgehead atoms. The average molecular weight is 848 g/mol. The van der Waals surface area contributed by atoms with Crippen LogP contribution in [0, 0.1) is 0 Å². The zero-order valence-corrected chi connectivity index (χ0v) is 40.6. The van der Waals surface area contributed by atoms with Crippen LogP contribution in [0.25, 0.3) is 0 Å². The summed E-state index contributed by atoms with van der Waals surface area (Å²) in [5.41, 5.74) is 0. The van der Waals surface area contributed by atoms with Gasteiger partial charge in [-0.05, 0) is 44.9 Å². The highest BCUT2D eigenvalue weighted by molar-refractivity contribution is 5.77. The lowest BCUT2D eigenvalue weighted by Gasteiger charge is -2.24. The summed E-state index contributed by atoms with van der Waals surface area (Å²) in [5.74, 6) is -0.475. The lowest BCUT2D eigenvalue weighted by Crippen LogP contribution is -2.46. The molecule has 3 atom stereocenters. The molecule has 0 aromatic rings. The highest BCUT2D eigenvalue weighted by Gasteiger charge is 2.24. The van der Waals surface area contributed by atoms with Gasteiger partial charge in [0.2, 0.25) is 5.91 Å². The normalized spacial score (nSPS) is 13.2. The highest BCUT2D eigenvalue weighted by atomic mass is 16.5. The van der Waals surface area contributed by atoms with Crippen LogP contribution in [0.4, 0.5) is 0 Å². The van der Waals surface area contributed by atoms with Gasteiger partial charge >= 0.3 is 5.97 Å². The number of allylic oxidation sites excluding steroid dienone is 2. The lowest BCUT2D eigenvalue weighted by molar-refractivity contribution is -0.151. The van der Waals surface area contributed by atoms with E-state index >= 15 is 0 Å². The van der Waals surface area contributed by atoms with Gasteiger partial charge in [-0.2, -0.15) is 0 Å². The molecule has 0 radical (unpaired) electrons. The summed E-state index contributed by atoms with van der Waals surface area (Å²) in [6, 6.07) is -0.699. The number of hydrogen-bond acceptors (Lipinski definition) is 5. The van der Waals surface area contributed by atoms with Crippen molar-refractivity contribution in [3.8, 4) is 0 Å². The highest BCUT2D eigenvalue weighted by Crippen LogP contribution is 2.18. The molecular formula is C54H105NO5. The molecule has 0 saturated heterocycles. The number of carbonyl (C=O) groups is 2. The minimum absolute atomic E-state index is 0.0729. The molecule has 0 aromatic heterocycles. The van der Waals surface area contributed by atoms with Crippen molar-refractivity contribution >= 4 is 11.9 Å². The second-order valence-electron chi connectivity index (χ2n) is 18.6. The molecule has 3 N–H and O–H groups in total. The monoisotopic (exact) mass is 848 g/mol. The van der Waals surface area contributed by atoms with Gasteiger partial charge in [-0.3, -0.25) is 9.59 Å². The quantitative estimate of drug-likeness (QED) is 0.0322.